The monoisotopic (exact) mass is 339 g/mol. The van der Waals surface area contributed by atoms with E-state index in [0.29, 0.717) is 10.7 Å². The van der Waals surface area contributed by atoms with Crippen LogP contribution in [0, 0.1) is 6.92 Å². The summed E-state index contributed by atoms with van der Waals surface area (Å²) < 4.78 is 23.3. The molecular weight excluding hydrogens is 322 g/mol. The number of rotatable bonds is 5. The first-order valence-electron chi connectivity index (χ1n) is 7.41. The maximum absolute atomic E-state index is 12.7. The van der Waals surface area contributed by atoms with E-state index in [1.807, 2.05) is 55.5 Å². The van der Waals surface area contributed by atoms with Crippen molar-refractivity contribution < 1.29 is 13.4 Å². The number of benzene rings is 2. The van der Waals surface area contributed by atoms with E-state index in [0.717, 1.165) is 21.9 Å². The summed E-state index contributed by atoms with van der Waals surface area (Å²) in [6.45, 7) is 2.00. The highest BCUT2D eigenvalue weighted by Crippen LogP contribution is 2.22. The Bertz CT molecular complexity index is 864. The van der Waals surface area contributed by atoms with Crippen molar-refractivity contribution in [2.24, 2.45) is 4.99 Å². The Morgan fingerprint density at radius 3 is 2.42 bits per heavy atom. The van der Waals surface area contributed by atoms with Crippen LogP contribution in [0.3, 0.4) is 0 Å². The molecule has 0 aliphatic heterocycles. The fourth-order valence-electron chi connectivity index (χ4n) is 2.15. The number of nitrogens with zero attached hydrogens (tertiary/aromatic N) is 1. The molecule has 1 atom stereocenters. The third kappa shape index (κ3) is 3.63. The van der Waals surface area contributed by atoms with Crippen molar-refractivity contribution in [2.45, 2.75) is 16.7 Å². The summed E-state index contributed by atoms with van der Waals surface area (Å²) in [5, 5.41) is 0. The van der Waals surface area contributed by atoms with Gasteiger partial charge >= 0.3 is 0 Å². The van der Waals surface area contributed by atoms with Crippen LogP contribution in [0.4, 0.5) is 5.69 Å². The van der Waals surface area contributed by atoms with Gasteiger partial charge in [0.25, 0.3) is 0 Å². The van der Waals surface area contributed by atoms with E-state index in [2.05, 4.69) is 4.99 Å². The van der Waals surface area contributed by atoms with Crippen LogP contribution < -0.4 is 4.74 Å². The number of furan rings is 1. The molecule has 0 saturated carbocycles. The Kier molecular flexibility index (Phi) is 4.91. The van der Waals surface area contributed by atoms with Crippen LogP contribution in [0.15, 0.2) is 80.1 Å². The first kappa shape index (κ1) is 16.2. The number of ether oxygens (including phenoxy) is 1. The lowest BCUT2D eigenvalue weighted by Crippen LogP contribution is -1.95. The van der Waals surface area contributed by atoms with Gasteiger partial charge in [0.2, 0.25) is 0 Å². The van der Waals surface area contributed by atoms with Crippen molar-refractivity contribution in [1.29, 1.82) is 0 Å². The molecule has 1 heterocycles. The number of hydrogen-bond acceptors (Lipinski definition) is 4. The lowest BCUT2D eigenvalue weighted by atomic mass is 10.2. The molecule has 0 amide bonds. The Balaban J connectivity index is 1.83. The van der Waals surface area contributed by atoms with Gasteiger partial charge in [-0.15, -0.1) is 0 Å². The van der Waals surface area contributed by atoms with E-state index in [-0.39, 0.29) is 0 Å². The zero-order valence-electron chi connectivity index (χ0n) is 13.4. The Morgan fingerprint density at radius 1 is 1.04 bits per heavy atom. The SMILES string of the molecule is COc1ccc(N=Cc2occc2[S@@](=O)c2ccc(C)cc2)cc1. The van der Waals surface area contributed by atoms with Crippen molar-refractivity contribution in [3.05, 3.63) is 72.2 Å². The van der Waals surface area contributed by atoms with Gasteiger partial charge in [-0.05, 0) is 49.4 Å². The highest BCUT2D eigenvalue weighted by molar-refractivity contribution is 7.85. The zero-order chi connectivity index (χ0) is 16.9. The van der Waals surface area contributed by atoms with Crippen LogP contribution in [0.5, 0.6) is 5.75 Å². The number of aryl methyl sites for hydroxylation is 1. The van der Waals surface area contributed by atoms with Crippen LogP contribution in [0.25, 0.3) is 0 Å². The third-order valence-corrected chi connectivity index (χ3v) is 4.93. The van der Waals surface area contributed by atoms with Gasteiger partial charge in [-0.3, -0.25) is 4.99 Å². The topological polar surface area (TPSA) is 51.8 Å². The molecule has 0 N–H and O–H groups in total. The molecule has 0 spiro atoms. The Morgan fingerprint density at radius 2 is 1.75 bits per heavy atom. The molecule has 0 bridgehead atoms. The average molecular weight is 339 g/mol. The Hall–Kier alpha value is -2.66. The van der Waals surface area contributed by atoms with Crippen LogP contribution in [-0.2, 0) is 10.8 Å². The molecule has 2 aromatic carbocycles. The first-order valence-corrected chi connectivity index (χ1v) is 8.56. The summed E-state index contributed by atoms with van der Waals surface area (Å²) in [4.78, 5) is 5.71. The standard InChI is InChI=1S/C19H17NO3S/c1-14-3-9-17(10-4-14)24(21)19-11-12-23-18(19)13-20-15-5-7-16(22-2)8-6-15/h3-13H,1-2H3/t24-/m0/s1. The highest BCUT2D eigenvalue weighted by Gasteiger charge is 2.13. The van der Waals surface area contributed by atoms with Gasteiger partial charge in [-0.1, -0.05) is 17.7 Å². The molecule has 0 unspecified atom stereocenters. The normalized spacial score (nSPS) is 12.4. The molecule has 0 fully saturated rings. The second kappa shape index (κ2) is 7.27. The molecule has 3 aromatic rings. The van der Waals surface area contributed by atoms with E-state index < -0.39 is 10.8 Å². The number of aliphatic imine (C=N–C) groups is 1. The molecule has 1 aromatic heterocycles. The second-order valence-corrected chi connectivity index (χ2v) is 6.64. The molecule has 4 nitrogen and oxygen atoms in total. The fourth-order valence-corrected chi connectivity index (χ4v) is 3.25. The predicted octanol–water partition coefficient (Wildman–Crippen LogP) is 4.51. The van der Waals surface area contributed by atoms with Gasteiger partial charge in [-0.25, -0.2) is 4.21 Å². The first-order chi connectivity index (χ1) is 11.7. The molecule has 0 aliphatic carbocycles. The van der Waals surface area contributed by atoms with Crippen molar-refractivity contribution in [2.75, 3.05) is 7.11 Å². The lowest BCUT2D eigenvalue weighted by molar-refractivity contribution is 0.415. The maximum Gasteiger partial charge on any atom is 0.161 e. The van der Waals surface area contributed by atoms with E-state index in [1.165, 1.54) is 6.26 Å². The van der Waals surface area contributed by atoms with Gasteiger partial charge in [0, 0.05) is 4.90 Å². The molecular formula is C19H17NO3S. The molecule has 0 saturated heterocycles. The zero-order valence-corrected chi connectivity index (χ0v) is 14.2. The van der Waals surface area contributed by atoms with Crippen molar-refractivity contribution in [1.82, 2.24) is 0 Å². The molecule has 122 valence electrons. The predicted molar refractivity (Wildman–Crippen MR) is 94.8 cm³/mol. The summed E-state index contributed by atoms with van der Waals surface area (Å²) in [6, 6.07) is 16.7. The van der Waals surface area contributed by atoms with E-state index in [9.17, 15) is 4.21 Å². The van der Waals surface area contributed by atoms with Gasteiger partial charge < -0.3 is 9.15 Å². The summed E-state index contributed by atoms with van der Waals surface area (Å²) in [6.07, 6.45) is 3.11. The summed E-state index contributed by atoms with van der Waals surface area (Å²) >= 11 is 0. The van der Waals surface area contributed by atoms with Crippen LogP contribution in [0.1, 0.15) is 11.3 Å². The maximum atomic E-state index is 12.7. The minimum Gasteiger partial charge on any atom is -0.497 e. The van der Waals surface area contributed by atoms with Crippen molar-refractivity contribution in [3.8, 4) is 5.75 Å². The van der Waals surface area contributed by atoms with Crippen LogP contribution in [-0.4, -0.2) is 17.5 Å². The van der Waals surface area contributed by atoms with Crippen LogP contribution in [0.2, 0.25) is 0 Å². The average Bonchev–Trinajstić information content (AvgIpc) is 3.09. The van der Waals surface area contributed by atoms with Gasteiger partial charge in [-0.2, -0.15) is 0 Å². The van der Waals surface area contributed by atoms with Gasteiger partial charge in [0.1, 0.15) is 5.75 Å². The molecule has 24 heavy (non-hydrogen) atoms. The third-order valence-electron chi connectivity index (χ3n) is 3.50. The molecule has 5 heteroatoms. The van der Waals surface area contributed by atoms with E-state index in [1.54, 1.807) is 19.4 Å². The molecule has 0 aliphatic rings. The van der Waals surface area contributed by atoms with E-state index >= 15 is 0 Å². The van der Waals surface area contributed by atoms with Crippen molar-refractivity contribution in [3.63, 3.8) is 0 Å². The Labute approximate surface area is 143 Å². The minimum absolute atomic E-state index is 0.490. The summed E-state index contributed by atoms with van der Waals surface area (Å²) in [5.41, 5.74) is 1.89. The molecule has 0 radical (unpaired) electrons. The van der Waals surface area contributed by atoms with Crippen molar-refractivity contribution >= 4 is 22.7 Å². The van der Waals surface area contributed by atoms with Crippen LogP contribution >= 0.6 is 0 Å². The quantitative estimate of drug-likeness (QED) is 0.643. The smallest absolute Gasteiger partial charge is 0.161 e. The highest BCUT2D eigenvalue weighted by atomic mass is 32.2. The number of hydrogen-bond donors (Lipinski definition) is 0. The number of methoxy groups -OCH3 is 1. The summed E-state index contributed by atoms with van der Waals surface area (Å²) in [5.74, 6) is 1.26. The molecule has 3 rings (SSSR count). The van der Waals surface area contributed by atoms with Gasteiger partial charge in [0.05, 0.1) is 41.0 Å². The largest absolute Gasteiger partial charge is 0.497 e. The second-order valence-electron chi connectivity index (χ2n) is 5.19. The van der Waals surface area contributed by atoms with Gasteiger partial charge in [0.15, 0.2) is 5.76 Å². The minimum atomic E-state index is -1.30. The van der Waals surface area contributed by atoms with E-state index in [4.69, 9.17) is 9.15 Å². The fraction of sp³-hybridized carbons (Fsp3) is 0.105. The summed E-state index contributed by atoms with van der Waals surface area (Å²) in [7, 11) is 0.315. The lowest BCUT2D eigenvalue weighted by Gasteiger charge is -2.02.